The van der Waals surface area contributed by atoms with E-state index in [-0.39, 0.29) is 17.6 Å². The zero-order valence-corrected chi connectivity index (χ0v) is 20.6. The van der Waals surface area contributed by atoms with Crippen LogP contribution in [-0.2, 0) is 9.47 Å². The van der Waals surface area contributed by atoms with Crippen LogP contribution in [0.4, 0.5) is 0 Å². The fourth-order valence-electron chi connectivity index (χ4n) is 2.81. The summed E-state index contributed by atoms with van der Waals surface area (Å²) in [6, 6.07) is 6.20. The molecular weight excluding hydrogens is 416 g/mol. The molecule has 0 radical (unpaired) electrons. The fraction of sp³-hybridized carbons (Fsp3) is 0.667. The lowest BCUT2D eigenvalue weighted by atomic mass is 10.00. The van der Waals surface area contributed by atoms with Crippen LogP contribution in [-0.4, -0.2) is 49.2 Å². The Morgan fingerprint density at radius 1 is 1.06 bits per heavy atom. The van der Waals surface area contributed by atoms with Crippen LogP contribution >= 0.6 is 11.6 Å². The third-order valence-electron chi connectivity index (χ3n) is 4.47. The van der Waals surface area contributed by atoms with Gasteiger partial charge in [0.1, 0.15) is 0 Å². The number of ether oxygens (including phenoxy) is 2. The number of benzene rings is 1. The van der Waals surface area contributed by atoms with Crippen molar-refractivity contribution in [3.63, 3.8) is 0 Å². The highest BCUT2D eigenvalue weighted by Gasteiger charge is 2.16. The zero-order valence-electron chi connectivity index (χ0n) is 19.8. The molecule has 0 bridgehead atoms. The first kappa shape index (κ1) is 29.4. The Balaban J connectivity index is 0.000000615. The first-order chi connectivity index (χ1) is 14.6. The molecule has 0 saturated heterocycles. The molecule has 0 aliphatic heterocycles. The summed E-state index contributed by atoms with van der Waals surface area (Å²) in [5, 5.41) is 2.72. The number of rotatable bonds is 14. The topological polar surface area (TPSA) is 90.6 Å². The van der Waals surface area contributed by atoms with Crippen LogP contribution in [0.3, 0.4) is 0 Å². The number of carbonyl (C=O) groups excluding carboxylic acids is 2. The Hall–Kier alpha value is -1.63. The molecular formula is C24H41ClN2O4. The highest BCUT2D eigenvalue weighted by molar-refractivity contribution is 6.17. The van der Waals surface area contributed by atoms with E-state index >= 15 is 0 Å². The van der Waals surface area contributed by atoms with Crippen LogP contribution < -0.4 is 11.1 Å². The molecule has 0 aliphatic rings. The molecule has 0 spiro atoms. The Kier molecular flexibility index (Phi) is 16.1. The van der Waals surface area contributed by atoms with Crippen molar-refractivity contribution in [2.24, 2.45) is 5.73 Å². The molecule has 0 atom stereocenters. The normalized spacial score (nSPS) is 11.1. The van der Waals surface area contributed by atoms with Crippen molar-refractivity contribution in [3.05, 3.63) is 35.4 Å². The molecule has 1 aromatic rings. The highest BCUT2D eigenvalue weighted by atomic mass is 35.5. The molecule has 2 amide bonds. The van der Waals surface area contributed by atoms with Gasteiger partial charge in [0.05, 0.1) is 18.3 Å². The summed E-state index contributed by atoms with van der Waals surface area (Å²) in [5.74, 6) is 0.0974. The summed E-state index contributed by atoms with van der Waals surface area (Å²) in [6.45, 7) is 12.0. The summed E-state index contributed by atoms with van der Waals surface area (Å²) >= 11 is 5.60. The maximum absolute atomic E-state index is 11.7. The van der Waals surface area contributed by atoms with Gasteiger partial charge in [0.15, 0.2) is 0 Å². The maximum atomic E-state index is 11.7. The Morgan fingerprint density at radius 2 is 1.65 bits per heavy atom. The van der Waals surface area contributed by atoms with Crippen molar-refractivity contribution in [3.8, 4) is 0 Å². The molecule has 6 nitrogen and oxygen atoms in total. The van der Waals surface area contributed by atoms with Crippen LogP contribution in [0.2, 0.25) is 0 Å². The smallest absolute Gasteiger partial charge is 0.251 e. The Labute approximate surface area is 193 Å². The first-order valence-corrected chi connectivity index (χ1v) is 11.7. The second-order valence-corrected chi connectivity index (χ2v) is 8.54. The largest absolute Gasteiger partial charge is 0.377 e. The number of amides is 2. The summed E-state index contributed by atoms with van der Waals surface area (Å²) < 4.78 is 10.9. The third kappa shape index (κ3) is 15.8. The second-order valence-electron chi connectivity index (χ2n) is 8.16. The molecule has 0 aromatic heterocycles. The summed E-state index contributed by atoms with van der Waals surface area (Å²) in [7, 11) is 0. The van der Waals surface area contributed by atoms with E-state index in [9.17, 15) is 9.59 Å². The van der Waals surface area contributed by atoms with E-state index in [1.54, 1.807) is 12.1 Å². The van der Waals surface area contributed by atoms with Gasteiger partial charge in [-0.3, -0.25) is 9.59 Å². The number of hydrogen-bond donors (Lipinski definition) is 2. The summed E-state index contributed by atoms with van der Waals surface area (Å²) in [6.07, 6.45) is 6.25. The van der Waals surface area contributed by atoms with E-state index in [2.05, 4.69) is 26.1 Å². The van der Waals surface area contributed by atoms with Crippen LogP contribution in [0, 0.1) is 0 Å². The number of nitrogens with two attached hydrogens (primary N) is 1. The fourth-order valence-corrected chi connectivity index (χ4v) is 3.00. The van der Waals surface area contributed by atoms with Gasteiger partial charge >= 0.3 is 0 Å². The van der Waals surface area contributed by atoms with E-state index in [1.807, 2.05) is 13.8 Å². The van der Waals surface area contributed by atoms with Gasteiger partial charge in [-0.05, 0) is 71.7 Å². The highest BCUT2D eigenvalue weighted by Crippen LogP contribution is 2.18. The molecule has 3 N–H and O–H groups in total. The quantitative estimate of drug-likeness (QED) is 0.306. The molecule has 0 unspecified atom stereocenters. The van der Waals surface area contributed by atoms with Crippen LogP contribution in [0.1, 0.15) is 87.4 Å². The molecule has 31 heavy (non-hydrogen) atoms. The number of alkyl halides is 1. The van der Waals surface area contributed by atoms with E-state index in [4.69, 9.17) is 26.8 Å². The van der Waals surface area contributed by atoms with Crippen molar-refractivity contribution < 1.29 is 19.1 Å². The lowest BCUT2D eigenvalue weighted by Gasteiger charge is -2.24. The molecule has 7 heteroatoms. The number of unbranched alkanes of at least 4 members (excludes halogenated alkanes) is 3. The van der Waals surface area contributed by atoms with Crippen molar-refractivity contribution in [2.45, 2.75) is 78.4 Å². The van der Waals surface area contributed by atoms with Crippen LogP contribution in [0.15, 0.2) is 24.3 Å². The van der Waals surface area contributed by atoms with Crippen molar-refractivity contribution >= 4 is 23.4 Å². The number of nitrogens with one attached hydrogen (secondary N) is 1. The minimum atomic E-state index is -0.507. The van der Waals surface area contributed by atoms with Crippen molar-refractivity contribution in [1.29, 1.82) is 0 Å². The van der Waals surface area contributed by atoms with Gasteiger partial charge in [0.25, 0.3) is 5.91 Å². The van der Waals surface area contributed by atoms with Crippen molar-refractivity contribution in [1.82, 2.24) is 5.32 Å². The SMILES string of the molecule is CC(C)OCCNC(=O)c1ccc(C(N)=O)cc1.CCOC(C)(C)CCCCCCCl. The van der Waals surface area contributed by atoms with Crippen molar-refractivity contribution in [2.75, 3.05) is 25.6 Å². The lowest BCUT2D eigenvalue weighted by Crippen LogP contribution is -2.28. The predicted octanol–water partition coefficient (Wildman–Crippen LogP) is 4.93. The minimum Gasteiger partial charge on any atom is -0.377 e. The zero-order chi connectivity index (χ0) is 23.7. The maximum Gasteiger partial charge on any atom is 0.251 e. The van der Waals surface area contributed by atoms with Gasteiger partial charge in [-0.25, -0.2) is 0 Å². The van der Waals surface area contributed by atoms with Crippen LogP contribution in [0.5, 0.6) is 0 Å². The number of halogens is 1. The summed E-state index contributed by atoms with van der Waals surface area (Å²) in [5.41, 5.74) is 6.05. The molecule has 0 heterocycles. The van der Waals surface area contributed by atoms with E-state index in [1.165, 1.54) is 31.4 Å². The minimum absolute atomic E-state index is 0.0652. The molecule has 1 rings (SSSR count). The van der Waals surface area contributed by atoms with Gasteiger partial charge in [0.2, 0.25) is 5.91 Å². The molecule has 1 aromatic carbocycles. The molecule has 178 valence electrons. The average Bonchev–Trinajstić information content (AvgIpc) is 2.71. The third-order valence-corrected chi connectivity index (χ3v) is 4.74. The van der Waals surface area contributed by atoms with E-state index in [0.29, 0.717) is 24.3 Å². The number of carbonyl (C=O) groups is 2. The molecule has 0 saturated carbocycles. The Morgan fingerprint density at radius 3 is 2.16 bits per heavy atom. The monoisotopic (exact) mass is 456 g/mol. The number of primary amides is 1. The van der Waals surface area contributed by atoms with Gasteiger partial charge in [-0.15, -0.1) is 11.6 Å². The summed E-state index contributed by atoms with van der Waals surface area (Å²) in [4.78, 5) is 22.5. The molecule has 0 fully saturated rings. The average molecular weight is 457 g/mol. The second kappa shape index (κ2) is 17.0. The first-order valence-electron chi connectivity index (χ1n) is 11.1. The lowest BCUT2D eigenvalue weighted by molar-refractivity contribution is -0.0177. The predicted molar refractivity (Wildman–Crippen MR) is 128 cm³/mol. The van der Waals surface area contributed by atoms with Gasteiger partial charge in [0, 0.05) is 30.2 Å². The van der Waals surface area contributed by atoms with Gasteiger partial charge in [-0.1, -0.05) is 19.3 Å². The van der Waals surface area contributed by atoms with Gasteiger partial charge < -0.3 is 20.5 Å². The standard InChI is InChI=1S/C13H18N2O3.C11H23ClO/c1-9(2)18-8-7-15-13(17)11-5-3-10(4-6-11)12(14)16;1-4-13-11(2,3)9-7-5-6-8-10-12/h3-6,9H,7-8H2,1-2H3,(H2,14,16)(H,15,17);4-10H2,1-3H3. The van der Waals surface area contributed by atoms with Gasteiger partial charge in [-0.2, -0.15) is 0 Å². The molecule has 0 aliphatic carbocycles. The number of hydrogen-bond acceptors (Lipinski definition) is 4. The van der Waals surface area contributed by atoms with E-state index < -0.39 is 5.91 Å². The van der Waals surface area contributed by atoms with E-state index in [0.717, 1.165) is 25.3 Å². The Bertz CT molecular complexity index is 619. The van der Waals surface area contributed by atoms with Crippen LogP contribution in [0.25, 0.3) is 0 Å².